The first-order valence-corrected chi connectivity index (χ1v) is 9.83. The summed E-state index contributed by atoms with van der Waals surface area (Å²) in [5.41, 5.74) is 3.76. The van der Waals surface area contributed by atoms with Crippen LogP contribution in [-0.2, 0) is 17.7 Å². The molecular formula is C22H25N3O3. The Morgan fingerprint density at radius 1 is 1.11 bits per heavy atom. The van der Waals surface area contributed by atoms with Crippen LogP contribution in [0, 0.1) is 0 Å². The maximum Gasteiger partial charge on any atom is 0.315 e. The van der Waals surface area contributed by atoms with Crippen molar-refractivity contribution in [1.29, 1.82) is 0 Å². The number of rotatable bonds is 5. The molecule has 28 heavy (non-hydrogen) atoms. The number of nitrogens with zero attached hydrogens (tertiary/aromatic N) is 1. The summed E-state index contributed by atoms with van der Waals surface area (Å²) in [7, 11) is 0. The summed E-state index contributed by atoms with van der Waals surface area (Å²) in [6, 6.07) is 15.2. The molecule has 1 saturated heterocycles. The van der Waals surface area contributed by atoms with Crippen LogP contribution >= 0.6 is 0 Å². The summed E-state index contributed by atoms with van der Waals surface area (Å²) < 4.78 is 5.51. The average molecular weight is 379 g/mol. The van der Waals surface area contributed by atoms with Gasteiger partial charge < -0.3 is 20.3 Å². The fraction of sp³-hybridized carbons (Fsp3) is 0.364. The molecule has 0 bridgehead atoms. The Bertz CT molecular complexity index is 847. The second-order valence-electron chi connectivity index (χ2n) is 7.23. The second-order valence-corrected chi connectivity index (χ2v) is 7.23. The summed E-state index contributed by atoms with van der Waals surface area (Å²) in [5, 5.41) is 5.74. The number of hydrogen-bond acceptors (Lipinski definition) is 3. The normalized spacial score (nSPS) is 18.0. The first kappa shape index (κ1) is 18.5. The molecule has 0 aliphatic carbocycles. The minimum absolute atomic E-state index is 0.0127. The number of amides is 3. The minimum Gasteiger partial charge on any atom is -0.376 e. The van der Waals surface area contributed by atoms with E-state index in [1.165, 1.54) is 0 Å². The van der Waals surface area contributed by atoms with Gasteiger partial charge in [0.05, 0.1) is 6.10 Å². The van der Waals surface area contributed by atoms with Gasteiger partial charge in [-0.3, -0.25) is 4.79 Å². The lowest BCUT2D eigenvalue weighted by molar-refractivity contribution is 0.0989. The lowest BCUT2D eigenvalue weighted by Gasteiger charge is -2.18. The van der Waals surface area contributed by atoms with Gasteiger partial charge >= 0.3 is 6.03 Å². The molecule has 2 N–H and O–H groups in total. The molecule has 2 aliphatic rings. The number of anilines is 1. The molecule has 3 amide bonds. The molecule has 0 saturated carbocycles. The number of nitrogens with one attached hydrogen (secondary N) is 2. The van der Waals surface area contributed by atoms with Crippen molar-refractivity contribution in [3.8, 4) is 0 Å². The molecule has 1 atom stereocenters. The first-order chi connectivity index (χ1) is 13.7. The van der Waals surface area contributed by atoms with Gasteiger partial charge in [-0.2, -0.15) is 0 Å². The lowest BCUT2D eigenvalue weighted by Crippen LogP contribution is -2.39. The summed E-state index contributed by atoms with van der Waals surface area (Å²) in [5.74, 6) is 0.0127. The Morgan fingerprint density at radius 2 is 1.96 bits per heavy atom. The molecule has 0 unspecified atom stereocenters. The van der Waals surface area contributed by atoms with E-state index in [2.05, 4.69) is 16.7 Å². The molecular weight excluding hydrogens is 354 g/mol. The van der Waals surface area contributed by atoms with Gasteiger partial charge in [0.1, 0.15) is 0 Å². The van der Waals surface area contributed by atoms with Gasteiger partial charge in [0.15, 0.2) is 0 Å². The predicted octanol–water partition coefficient (Wildman–Crippen LogP) is 2.87. The number of fused-ring (bicyclic) bond motifs is 1. The van der Waals surface area contributed by atoms with Gasteiger partial charge in [-0.05, 0) is 48.6 Å². The predicted molar refractivity (Wildman–Crippen MR) is 107 cm³/mol. The van der Waals surface area contributed by atoms with Gasteiger partial charge in [0.2, 0.25) is 0 Å². The van der Waals surface area contributed by atoms with Crippen molar-refractivity contribution >= 4 is 17.6 Å². The van der Waals surface area contributed by atoms with E-state index < -0.39 is 0 Å². The van der Waals surface area contributed by atoms with E-state index in [-0.39, 0.29) is 18.0 Å². The van der Waals surface area contributed by atoms with E-state index in [0.29, 0.717) is 25.2 Å². The summed E-state index contributed by atoms with van der Waals surface area (Å²) >= 11 is 0. The zero-order valence-corrected chi connectivity index (χ0v) is 15.8. The number of urea groups is 1. The van der Waals surface area contributed by atoms with E-state index in [0.717, 1.165) is 42.7 Å². The van der Waals surface area contributed by atoms with Gasteiger partial charge in [0.25, 0.3) is 5.91 Å². The van der Waals surface area contributed by atoms with Crippen molar-refractivity contribution in [2.45, 2.75) is 31.9 Å². The maximum absolute atomic E-state index is 12.8. The van der Waals surface area contributed by atoms with E-state index in [9.17, 15) is 9.59 Å². The van der Waals surface area contributed by atoms with E-state index in [1.807, 2.05) is 47.4 Å². The maximum atomic E-state index is 12.8. The van der Waals surface area contributed by atoms with Gasteiger partial charge in [-0.1, -0.05) is 30.3 Å². The molecule has 1 fully saturated rings. The van der Waals surface area contributed by atoms with Crippen LogP contribution in [0.4, 0.5) is 10.5 Å². The summed E-state index contributed by atoms with van der Waals surface area (Å²) in [6.07, 6.45) is 3.03. The molecule has 0 spiro atoms. The van der Waals surface area contributed by atoms with Crippen molar-refractivity contribution in [3.05, 3.63) is 65.2 Å². The third-order valence-corrected chi connectivity index (χ3v) is 5.28. The third-order valence-electron chi connectivity index (χ3n) is 5.28. The fourth-order valence-corrected chi connectivity index (χ4v) is 3.74. The van der Waals surface area contributed by atoms with Crippen LogP contribution in [0.3, 0.4) is 0 Å². The van der Waals surface area contributed by atoms with Crippen molar-refractivity contribution in [1.82, 2.24) is 10.6 Å². The number of hydrogen-bond donors (Lipinski definition) is 2. The van der Waals surface area contributed by atoms with Crippen molar-refractivity contribution in [3.63, 3.8) is 0 Å². The largest absolute Gasteiger partial charge is 0.376 e. The van der Waals surface area contributed by atoms with E-state index >= 15 is 0 Å². The average Bonchev–Trinajstić information content (AvgIpc) is 3.40. The van der Waals surface area contributed by atoms with Gasteiger partial charge in [-0.25, -0.2) is 4.79 Å². The van der Waals surface area contributed by atoms with Crippen molar-refractivity contribution in [2.75, 3.05) is 24.6 Å². The molecule has 2 aromatic carbocycles. The van der Waals surface area contributed by atoms with Crippen LogP contribution in [-0.4, -0.2) is 37.7 Å². The highest BCUT2D eigenvalue weighted by Crippen LogP contribution is 2.30. The van der Waals surface area contributed by atoms with Crippen LogP contribution in [0.1, 0.15) is 34.3 Å². The Morgan fingerprint density at radius 3 is 2.75 bits per heavy atom. The number of carbonyl (C=O) groups is 2. The first-order valence-electron chi connectivity index (χ1n) is 9.83. The Hall–Kier alpha value is -2.86. The minimum atomic E-state index is -0.201. The topological polar surface area (TPSA) is 70.7 Å². The van der Waals surface area contributed by atoms with Crippen molar-refractivity contribution in [2.24, 2.45) is 0 Å². The van der Waals surface area contributed by atoms with Gasteiger partial charge in [0, 0.05) is 37.5 Å². The molecule has 2 heterocycles. The SMILES string of the molecule is O=C(NCc1ccc2c(c1)N(C(=O)c1ccccc1)CC2)NC[C@@H]1CCCO1. The van der Waals surface area contributed by atoms with E-state index in [4.69, 9.17) is 4.74 Å². The number of carbonyl (C=O) groups excluding carboxylic acids is 2. The lowest BCUT2D eigenvalue weighted by atomic mass is 10.1. The fourth-order valence-electron chi connectivity index (χ4n) is 3.74. The highest BCUT2D eigenvalue weighted by molar-refractivity contribution is 6.07. The quantitative estimate of drug-likeness (QED) is 0.839. The number of ether oxygens (including phenoxy) is 1. The van der Waals surface area contributed by atoms with Crippen LogP contribution in [0.5, 0.6) is 0 Å². The highest BCUT2D eigenvalue weighted by atomic mass is 16.5. The molecule has 2 aliphatic heterocycles. The van der Waals surface area contributed by atoms with Crippen molar-refractivity contribution < 1.29 is 14.3 Å². The van der Waals surface area contributed by atoms with Crippen LogP contribution in [0.2, 0.25) is 0 Å². The zero-order chi connectivity index (χ0) is 19.3. The molecule has 0 aromatic heterocycles. The van der Waals surface area contributed by atoms with Crippen LogP contribution < -0.4 is 15.5 Å². The van der Waals surface area contributed by atoms with Crippen LogP contribution in [0.15, 0.2) is 48.5 Å². The molecule has 4 rings (SSSR count). The van der Waals surface area contributed by atoms with Gasteiger partial charge in [-0.15, -0.1) is 0 Å². The summed E-state index contributed by atoms with van der Waals surface area (Å²) in [4.78, 5) is 26.7. The zero-order valence-electron chi connectivity index (χ0n) is 15.8. The Kier molecular flexibility index (Phi) is 5.58. The monoisotopic (exact) mass is 379 g/mol. The standard InChI is InChI=1S/C22H25N3O3/c26-21(18-5-2-1-3-6-18)25-11-10-17-9-8-16(13-20(17)25)14-23-22(27)24-15-19-7-4-12-28-19/h1-3,5-6,8-9,13,19H,4,7,10-12,14-15H2,(H2,23,24,27)/t19-/m0/s1. The molecule has 6 nitrogen and oxygen atoms in total. The molecule has 6 heteroatoms. The highest BCUT2D eigenvalue weighted by Gasteiger charge is 2.25. The van der Waals surface area contributed by atoms with E-state index in [1.54, 1.807) is 0 Å². The summed E-state index contributed by atoms with van der Waals surface area (Å²) in [6.45, 7) is 2.41. The second kappa shape index (κ2) is 8.44. The number of benzene rings is 2. The molecule has 2 aromatic rings. The third kappa shape index (κ3) is 4.17. The molecule has 0 radical (unpaired) electrons. The van der Waals surface area contributed by atoms with Crippen LogP contribution in [0.25, 0.3) is 0 Å². The Labute approximate surface area is 164 Å². The smallest absolute Gasteiger partial charge is 0.315 e. The Balaban J connectivity index is 1.36. The molecule has 146 valence electrons.